The third kappa shape index (κ3) is 3.74. The second-order valence-electron chi connectivity index (χ2n) is 4.87. The summed E-state index contributed by atoms with van der Waals surface area (Å²) in [7, 11) is 1.79. The number of ether oxygens (including phenoxy) is 1. The van der Waals surface area contributed by atoms with Gasteiger partial charge in [-0.15, -0.1) is 0 Å². The number of hydrogen-bond acceptors (Lipinski definition) is 3. The van der Waals surface area contributed by atoms with Crippen molar-refractivity contribution in [2.24, 2.45) is 5.92 Å². The Morgan fingerprint density at radius 3 is 2.67 bits per heavy atom. The summed E-state index contributed by atoms with van der Waals surface area (Å²) in [6, 6.07) is 6.98. The second kappa shape index (κ2) is 5.87. The number of rotatable bonds is 6. The maximum Gasteiger partial charge on any atom is 0.253 e. The summed E-state index contributed by atoms with van der Waals surface area (Å²) in [6.07, 6.45) is 2.58. The van der Waals surface area contributed by atoms with Gasteiger partial charge < -0.3 is 15.4 Å². The molecule has 1 aromatic carbocycles. The van der Waals surface area contributed by atoms with Crippen molar-refractivity contribution >= 4 is 11.6 Å². The summed E-state index contributed by atoms with van der Waals surface area (Å²) < 4.78 is 5.52. The number of likely N-dealkylation sites (N-methyl/N-ethyl adjacent to an activating group) is 1. The van der Waals surface area contributed by atoms with Crippen LogP contribution >= 0.6 is 0 Å². The fourth-order valence-electron chi connectivity index (χ4n) is 1.68. The van der Waals surface area contributed by atoms with Gasteiger partial charge in [0.15, 0.2) is 0 Å². The van der Waals surface area contributed by atoms with Crippen molar-refractivity contribution in [3.8, 4) is 0 Å². The zero-order valence-corrected chi connectivity index (χ0v) is 10.8. The Hall–Kier alpha value is -1.55. The Morgan fingerprint density at radius 2 is 2.06 bits per heavy atom. The highest BCUT2D eigenvalue weighted by molar-refractivity contribution is 5.94. The Morgan fingerprint density at radius 1 is 1.39 bits per heavy atom. The predicted octanol–water partition coefficient (Wildman–Crippen LogP) is 1.77. The molecule has 0 heterocycles. The number of carbonyl (C=O) groups excluding carboxylic acids is 1. The maximum atomic E-state index is 12.0. The first-order chi connectivity index (χ1) is 8.66. The van der Waals surface area contributed by atoms with E-state index in [2.05, 4.69) is 0 Å². The van der Waals surface area contributed by atoms with E-state index in [9.17, 15) is 4.79 Å². The summed E-state index contributed by atoms with van der Waals surface area (Å²) in [5.41, 5.74) is 6.92. The molecule has 18 heavy (non-hydrogen) atoms. The lowest BCUT2D eigenvalue weighted by atomic mass is 10.2. The Labute approximate surface area is 108 Å². The van der Waals surface area contributed by atoms with Crippen molar-refractivity contribution in [2.45, 2.75) is 12.8 Å². The van der Waals surface area contributed by atoms with E-state index in [1.807, 2.05) is 0 Å². The summed E-state index contributed by atoms with van der Waals surface area (Å²) in [5, 5.41) is 0. The first-order valence-corrected chi connectivity index (χ1v) is 6.35. The van der Waals surface area contributed by atoms with Gasteiger partial charge in [-0.1, -0.05) is 0 Å². The molecule has 98 valence electrons. The van der Waals surface area contributed by atoms with Crippen molar-refractivity contribution in [2.75, 3.05) is 32.5 Å². The van der Waals surface area contributed by atoms with Crippen molar-refractivity contribution in [3.05, 3.63) is 29.8 Å². The third-order valence-corrected chi connectivity index (χ3v) is 3.13. The van der Waals surface area contributed by atoms with Crippen LogP contribution in [0.4, 0.5) is 5.69 Å². The molecule has 1 fully saturated rings. The molecular formula is C14H20N2O2. The molecule has 1 aliphatic rings. The first-order valence-electron chi connectivity index (χ1n) is 6.35. The van der Waals surface area contributed by atoms with Gasteiger partial charge in [-0.2, -0.15) is 0 Å². The quantitative estimate of drug-likeness (QED) is 0.616. The minimum absolute atomic E-state index is 0.00465. The van der Waals surface area contributed by atoms with Crippen LogP contribution in [0.15, 0.2) is 24.3 Å². The lowest BCUT2D eigenvalue weighted by molar-refractivity contribution is 0.0681. The number of carbonyl (C=O) groups is 1. The maximum absolute atomic E-state index is 12.0. The van der Waals surface area contributed by atoms with E-state index in [4.69, 9.17) is 10.5 Å². The second-order valence-corrected chi connectivity index (χ2v) is 4.87. The fraction of sp³-hybridized carbons (Fsp3) is 0.500. The monoisotopic (exact) mass is 248 g/mol. The molecule has 0 aliphatic heterocycles. The zero-order chi connectivity index (χ0) is 13.0. The smallest absolute Gasteiger partial charge is 0.253 e. The average Bonchev–Trinajstić information content (AvgIpc) is 3.18. The van der Waals surface area contributed by atoms with Crippen molar-refractivity contribution in [3.63, 3.8) is 0 Å². The predicted molar refractivity (Wildman–Crippen MR) is 71.4 cm³/mol. The molecule has 1 amide bonds. The molecule has 2 rings (SSSR count). The number of anilines is 1. The van der Waals surface area contributed by atoms with Crippen LogP contribution in [0.3, 0.4) is 0 Å². The zero-order valence-electron chi connectivity index (χ0n) is 10.8. The number of benzene rings is 1. The molecule has 4 nitrogen and oxygen atoms in total. The van der Waals surface area contributed by atoms with Crippen LogP contribution in [0, 0.1) is 5.92 Å². The minimum atomic E-state index is 0.00465. The molecule has 0 bridgehead atoms. The number of hydrogen-bond donors (Lipinski definition) is 1. The van der Waals surface area contributed by atoms with Crippen molar-refractivity contribution < 1.29 is 9.53 Å². The summed E-state index contributed by atoms with van der Waals surface area (Å²) in [6.45, 7) is 2.06. The highest BCUT2D eigenvalue weighted by Crippen LogP contribution is 2.28. The van der Waals surface area contributed by atoms with Crippen LogP contribution < -0.4 is 5.73 Å². The molecule has 0 atom stereocenters. The van der Waals surface area contributed by atoms with Crippen LogP contribution in [0.5, 0.6) is 0 Å². The van der Waals surface area contributed by atoms with E-state index in [-0.39, 0.29) is 5.91 Å². The van der Waals surface area contributed by atoms with Crippen LogP contribution in [0.1, 0.15) is 23.2 Å². The van der Waals surface area contributed by atoms with Gasteiger partial charge in [-0.3, -0.25) is 4.79 Å². The Kier molecular flexibility index (Phi) is 4.20. The van der Waals surface area contributed by atoms with Gasteiger partial charge in [0, 0.05) is 31.5 Å². The highest BCUT2D eigenvalue weighted by atomic mass is 16.5. The third-order valence-electron chi connectivity index (χ3n) is 3.13. The summed E-state index contributed by atoms with van der Waals surface area (Å²) in [5.74, 6) is 0.771. The normalized spacial score (nSPS) is 14.5. The van der Waals surface area contributed by atoms with Crippen LogP contribution in [0.25, 0.3) is 0 Å². The SMILES string of the molecule is CN(CCOCC1CC1)C(=O)c1ccc(N)cc1. The van der Waals surface area contributed by atoms with E-state index in [1.54, 1.807) is 36.2 Å². The topological polar surface area (TPSA) is 55.6 Å². The van der Waals surface area contributed by atoms with Gasteiger partial charge in [-0.25, -0.2) is 0 Å². The molecule has 0 spiro atoms. The fourth-order valence-corrected chi connectivity index (χ4v) is 1.68. The molecule has 1 aliphatic carbocycles. The van der Waals surface area contributed by atoms with Crippen LogP contribution in [-0.4, -0.2) is 37.6 Å². The van der Waals surface area contributed by atoms with E-state index < -0.39 is 0 Å². The first kappa shape index (κ1) is 12.9. The number of amides is 1. The van der Waals surface area contributed by atoms with Crippen molar-refractivity contribution in [1.82, 2.24) is 4.90 Å². The van der Waals surface area contributed by atoms with Gasteiger partial charge in [0.05, 0.1) is 6.61 Å². The number of nitrogen functional groups attached to an aromatic ring is 1. The Bertz CT molecular complexity index is 399. The summed E-state index contributed by atoms with van der Waals surface area (Å²) >= 11 is 0. The molecule has 4 heteroatoms. The van der Waals surface area contributed by atoms with Gasteiger partial charge in [-0.05, 0) is 43.0 Å². The average molecular weight is 248 g/mol. The molecule has 0 radical (unpaired) electrons. The molecule has 1 aromatic rings. The lowest BCUT2D eigenvalue weighted by Gasteiger charge is -2.17. The molecule has 1 saturated carbocycles. The summed E-state index contributed by atoms with van der Waals surface area (Å²) in [4.78, 5) is 13.7. The lowest BCUT2D eigenvalue weighted by Crippen LogP contribution is -2.30. The molecule has 0 aromatic heterocycles. The van der Waals surface area contributed by atoms with Gasteiger partial charge in [0.1, 0.15) is 0 Å². The minimum Gasteiger partial charge on any atom is -0.399 e. The number of nitrogens with two attached hydrogens (primary N) is 1. The largest absolute Gasteiger partial charge is 0.399 e. The standard InChI is InChI=1S/C14H20N2O2/c1-16(8-9-18-10-11-2-3-11)14(17)12-4-6-13(15)7-5-12/h4-7,11H,2-3,8-10,15H2,1H3. The van der Waals surface area contributed by atoms with E-state index in [1.165, 1.54) is 12.8 Å². The van der Waals surface area contributed by atoms with Crippen LogP contribution in [-0.2, 0) is 4.74 Å². The molecule has 0 unspecified atom stereocenters. The van der Waals surface area contributed by atoms with E-state index in [0.717, 1.165) is 12.5 Å². The van der Waals surface area contributed by atoms with Gasteiger partial charge in [0.25, 0.3) is 5.91 Å². The highest BCUT2D eigenvalue weighted by Gasteiger charge is 2.21. The van der Waals surface area contributed by atoms with Crippen molar-refractivity contribution in [1.29, 1.82) is 0 Å². The van der Waals surface area contributed by atoms with Gasteiger partial charge in [0.2, 0.25) is 0 Å². The molecule has 0 saturated heterocycles. The number of nitrogens with zero attached hydrogens (tertiary/aromatic N) is 1. The molecule has 2 N–H and O–H groups in total. The van der Waals surface area contributed by atoms with E-state index >= 15 is 0 Å². The van der Waals surface area contributed by atoms with E-state index in [0.29, 0.717) is 24.4 Å². The van der Waals surface area contributed by atoms with Crippen LogP contribution in [0.2, 0.25) is 0 Å². The molecular weight excluding hydrogens is 228 g/mol. The Balaban J connectivity index is 1.74. The van der Waals surface area contributed by atoms with Gasteiger partial charge >= 0.3 is 0 Å².